The van der Waals surface area contributed by atoms with Gasteiger partial charge in [-0.3, -0.25) is 0 Å². The number of esters is 1. The maximum atomic E-state index is 11.2. The minimum atomic E-state index is -0.473. The van der Waals surface area contributed by atoms with E-state index in [1.807, 2.05) is 6.07 Å². The van der Waals surface area contributed by atoms with E-state index in [0.29, 0.717) is 30.6 Å². The molecule has 1 aromatic heterocycles. The van der Waals surface area contributed by atoms with Gasteiger partial charge in [0.1, 0.15) is 5.76 Å². The second kappa shape index (κ2) is 10.3. The third kappa shape index (κ3) is 5.18. The number of rotatable bonds is 8. The van der Waals surface area contributed by atoms with Crippen molar-refractivity contribution in [1.29, 1.82) is 0 Å². The number of ether oxygens (including phenoxy) is 2. The molecule has 7 heteroatoms. The van der Waals surface area contributed by atoms with Gasteiger partial charge < -0.3 is 24.1 Å². The summed E-state index contributed by atoms with van der Waals surface area (Å²) in [6.07, 6.45) is 1.63. The van der Waals surface area contributed by atoms with Gasteiger partial charge in [-0.2, -0.15) is 0 Å². The zero-order valence-corrected chi connectivity index (χ0v) is 17.8. The second-order valence-corrected chi connectivity index (χ2v) is 4.80. The smallest absolute Gasteiger partial charge is 0.343 e. The van der Waals surface area contributed by atoms with E-state index >= 15 is 0 Å². The Morgan fingerprint density at radius 3 is 2.65 bits per heavy atom. The number of furan rings is 1. The first-order valence-electron chi connectivity index (χ1n) is 7.15. The van der Waals surface area contributed by atoms with Gasteiger partial charge in [0.15, 0.2) is 17.9 Å². The number of fused-ring (bicyclic) bond motifs is 1. The molecule has 1 radical (unpaired) electrons. The minimum Gasteiger partial charge on any atom is -0.478 e. The molecule has 0 aliphatic rings. The van der Waals surface area contributed by atoms with Crippen LogP contribution in [-0.4, -0.2) is 43.1 Å². The van der Waals surface area contributed by atoms with Crippen molar-refractivity contribution in [3.05, 3.63) is 29.5 Å². The molecule has 0 bridgehead atoms. The van der Waals surface area contributed by atoms with E-state index in [0.717, 1.165) is 16.7 Å². The SMILES string of the molecule is COC(=O)COc1cccc2c(CCO)c(CCCO)oc12.[Ac]. The van der Waals surface area contributed by atoms with Crippen molar-refractivity contribution < 1.29 is 73.0 Å². The number of benzene rings is 1. The summed E-state index contributed by atoms with van der Waals surface area (Å²) in [6.45, 7) is -0.118. The van der Waals surface area contributed by atoms with Crippen LogP contribution in [0.1, 0.15) is 17.7 Å². The van der Waals surface area contributed by atoms with Gasteiger partial charge in [0.05, 0.1) is 7.11 Å². The Labute approximate surface area is 170 Å². The molecular formula is C16H20AcO6. The maximum Gasteiger partial charge on any atom is 0.343 e. The number of aliphatic hydroxyl groups is 2. The molecule has 2 rings (SSSR count). The summed E-state index contributed by atoms with van der Waals surface area (Å²) in [6, 6.07) is 5.41. The number of methoxy groups -OCH3 is 1. The average molecular weight is 535 g/mol. The van der Waals surface area contributed by atoms with Crippen molar-refractivity contribution in [1.82, 2.24) is 0 Å². The quantitative estimate of drug-likeness (QED) is 0.498. The Morgan fingerprint density at radius 2 is 2.00 bits per heavy atom. The largest absolute Gasteiger partial charge is 0.478 e. The van der Waals surface area contributed by atoms with Crippen molar-refractivity contribution in [2.45, 2.75) is 19.3 Å². The summed E-state index contributed by atoms with van der Waals surface area (Å²) in [5.74, 6) is 0.712. The van der Waals surface area contributed by atoms with Crippen molar-refractivity contribution in [2.75, 3.05) is 26.9 Å². The zero-order chi connectivity index (χ0) is 15.9. The van der Waals surface area contributed by atoms with Crippen molar-refractivity contribution in [3.8, 4) is 5.75 Å². The van der Waals surface area contributed by atoms with Crippen LogP contribution in [0, 0.1) is 44.1 Å². The van der Waals surface area contributed by atoms with E-state index in [1.54, 1.807) is 12.1 Å². The van der Waals surface area contributed by atoms with Crippen LogP contribution in [0.5, 0.6) is 5.75 Å². The number of carbonyl (C=O) groups is 1. The molecule has 0 aliphatic heterocycles. The first kappa shape index (κ1) is 20.4. The first-order valence-corrected chi connectivity index (χ1v) is 7.15. The third-order valence-electron chi connectivity index (χ3n) is 3.36. The van der Waals surface area contributed by atoms with Gasteiger partial charge in [0.25, 0.3) is 0 Å². The monoisotopic (exact) mass is 535 g/mol. The van der Waals surface area contributed by atoms with E-state index in [2.05, 4.69) is 4.74 Å². The summed E-state index contributed by atoms with van der Waals surface area (Å²) >= 11 is 0. The van der Waals surface area contributed by atoms with Gasteiger partial charge in [-0.25, -0.2) is 4.79 Å². The minimum absolute atomic E-state index is 0. The van der Waals surface area contributed by atoms with E-state index in [9.17, 15) is 9.90 Å². The van der Waals surface area contributed by atoms with Crippen LogP contribution in [0.25, 0.3) is 11.0 Å². The predicted molar refractivity (Wildman–Crippen MR) is 79.9 cm³/mol. The van der Waals surface area contributed by atoms with Crippen LogP contribution in [0.4, 0.5) is 0 Å². The van der Waals surface area contributed by atoms with Gasteiger partial charge in [0.2, 0.25) is 0 Å². The molecule has 0 amide bonds. The fourth-order valence-electron chi connectivity index (χ4n) is 2.33. The zero-order valence-electron chi connectivity index (χ0n) is 13.1. The van der Waals surface area contributed by atoms with Crippen LogP contribution in [0.3, 0.4) is 0 Å². The average Bonchev–Trinajstić information content (AvgIpc) is 2.89. The van der Waals surface area contributed by atoms with E-state index in [4.69, 9.17) is 14.3 Å². The van der Waals surface area contributed by atoms with Crippen LogP contribution in [0.2, 0.25) is 0 Å². The van der Waals surface area contributed by atoms with Gasteiger partial charge in [-0.1, -0.05) is 12.1 Å². The topological polar surface area (TPSA) is 89.1 Å². The van der Waals surface area contributed by atoms with Crippen LogP contribution < -0.4 is 4.74 Å². The Morgan fingerprint density at radius 1 is 1.22 bits per heavy atom. The fraction of sp³-hybridized carbons (Fsp3) is 0.438. The predicted octanol–water partition coefficient (Wildman–Crippen LogP) is 1.44. The molecule has 2 N–H and O–H groups in total. The number of carbonyl (C=O) groups excluding carboxylic acids is 1. The molecule has 123 valence electrons. The standard InChI is InChI=1S/C16H20O6.Ac/c1-20-15(19)10-21-14-5-2-4-12-11(7-9-18)13(6-3-8-17)22-16(12)14;/h2,4-5,17-18H,3,6-10H2,1H3;. The van der Waals surface area contributed by atoms with Gasteiger partial charge >= 0.3 is 5.97 Å². The Balaban J connectivity index is 0.00000264. The molecule has 6 nitrogen and oxygen atoms in total. The molecule has 1 aromatic carbocycles. The fourth-order valence-corrected chi connectivity index (χ4v) is 2.33. The van der Waals surface area contributed by atoms with Crippen molar-refractivity contribution in [2.24, 2.45) is 0 Å². The molecule has 23 heavy (non-hydrogen) atoms. The molecule has 0 fully saturated rings. The Hall–Kier alpha value is -0.608. The summed E-state index contributed by atoms with van der Waals surface area (Å²) in [5, 5.41) is 19.1. The molecule has 2 aromatic rings. The summed E-state index contributed by atoms with van der Waals surface area (Å²) < 4.78 is 15.8. The summed E-state index contributed by atoms with van der Waals surface area (Å²) in [4.78, 5) is 11.2. The molecule has 0 saturated carbocycles. The molecule has 0 unspecified atom stereocenters. The van der Waals surface area contributed by atoms with E-state index < -0.39 is 5.97 Å². The number of hydrogen-bond acceptors (Lipinski definition) is 6. The molecule has 0 atom stereocenters. The first-order chi connectivity index (χ1) is 10.7. The molecule has 1 heterocycles. The van der Waals surface area contributed by atoms with Gasteiger partial charge in [-0.15, -0.1) is 0 Å². The van der Waals surface area contributed by atoms with E-state index in [-0.39, 0.29) is 63.9 Å². The molecular weight excluding hydrogens is 515 g/mol. The van der Waals surface area contributed by atoms with Crippen LogP contribution in [-0.2, 0) is 22.4 Å². The van der Waals surface area contributed by atoms with Crippen molar-refractivity contribution >= 4 is 16.9 Å². The van der Waals surface area contributed by atoms with E-state index in [1.165, 1.54) is 7.11 Å². The number of aryl methyl sites for hydroxylation is 1. The van der Waals surface area contributed by atoms with Crippen molar-refractivity contribution in [3.63, 3.8) is 0 Å². The van der Waals surface area contributed by atoms with Crippen LogP contribution >= 0.6 is 0 Å². The Bertz CT molecular complexity index is 637. The molecule has 0 spiro atoms. The Kier molecular flexibility index (Phi) is 9.15. The molecule has 0 aliphatic carbocycles. The van der Waals surface area contributed by atoms with Gasteiger partial charge in [0, 0.05) is 74.6 Å². The summed E-state index contributed by atoms with van der Waals surface area (Å²) in [7, 11) is 1.30. The number of hydrogen-bond donors (Lipinski definition) is 2. The number of aliphatic hydroxyl groups excluding tert-OH is 2. The van der Waals surface area contributed by atoms with Gasteiger partial charge in [-0.05, 0) is 18.9 Å². The number of para-hydroxylation sites is 1. The molecule has 0 saturated heterocycles. The second-order valence-electron chi connectivity index (χ2n) is 4.80. The summed E-state index contributed by atoms with van der Waals surface area (Å²) in [5.41, 5.74) is 1.46. The maximum absolute atomic E-state index is 11.2. The third-order valence-corrected chi connectivity index (χ3v) is 3.36. The normalized spacial score (nSPS) is 10.4. The van der Waals surface area contributed by atoms with Crippen LogP contribution in [0.15, 0.2) is 22.6 Å².